The topological polar surface area (TPSA) is 101 Å². The lowest BCUT2D eigenvalue weighted by molar-refractivity contribution is 0.103. The van der Waals surface area contributed by atoms with E-state index in [0.29, 0.717) is 40.2 Å². The number of H-pyrrole nitrogens is 1. The van der Waals surface area contributed by atoms with Crippen LogP contribution in [-0.2, 0) is 11.0 Å². The first-order valence-electron chi connectivity index (χ1n) is 9.83. The molecule has 0 fully saturated rings. The molecule has 0 aliphatic heterocycles. The van der Waals surface area contributed by atoms with Gasteiger partial charge in [-0.3, -0.25) is 4.79 Å². The smallest absolute Gasteiger partial charge is 0.201 e. The van der Waals surface area contributed by atoms with Crippen LogP contribution in [0.2, 0.25) is 0 Å². The van der Waals surface area contributed by atoms with E-state index in [1.165, 1.54) is 6.20 Å². The summed E-state index contributed by atoms with van der Waals surface area (Å²) in [5.74, 6) is -2.05. The van der Waals surface area contributed by atoms with Gasteiger partial charge in [0.05, 0.1) is 11.3 Å². The number of aryl methyl sites for hydroxylation is 1. The Morgan fingerprint density at radius 2 is 1.84 bits per heavy atom. The van der Waals surface area contributed by atoms with Crippen molar-refractivity contribution < 1.29 is 17.8 Å². The van der Waals surface area contributed by atoms with Gasteiger partial charge in [0, 0.05) is 52.6 Å². The molecule has 4 aromatic rings. The molecule has 164 valence electrons. The lowest BCUT2D eigenvalue weighted by Crippen LogP contribution is -2.13. The molecule has 7 nitrogen and oxygen atoms in total. The third-order valence-electron chi connectivity index (χ3n) is 4.82. The number of nitrogens with one attached hydrogen (secondary N) is 2. The van der Waals surface area contributed by atoms with Crippen LogP contribution in [0.15, 0.2) is 43.0 Å². The number of carbonyl (C=O) groups is 1. The number of carbonyl (C=O) groups excluding carboxylic acids is 1. The van der Waals surface area contributed by atoms with Gasteiger partial charge in [0.15, 0.2) is 5.82 Å². The van der Waals surface area contributed by atoms with Gasteiger partial charge in [-0.2, -0.15) is 0 Å². The number of rotatable bonds is 7. The third-order valence-corrected chi connectivity index (χ3v) is 6.05. The Morgan fingerprint density at radius 3 is 2.56 bits per heavy atom. The lowest BCUT2D eigenvalue weighted by Gasteiger charge is -2.10. The van der Waals surface area contributed by atoms with Crippen LogP contribution in [0.1, 0.15) is 35.1 Å². The molecule has 4 rings (SSSR count). The van der Waals surface area contributed by atoms with Crippen LogP contribution in [0.3, 0.4) is 0 Å². The predicted octanol–water partition coefficient (Wildman–Crippen LogP) is 4.32. The molecule has 0 bridgehead atoms. The first-order valence-corrected chi connectivity index (χ1v) is 11.1. The summed E-state index contributed by atoms with van der Waals surface area (Å²) < 4.78 is 44.0. The van der Waals surface area contributed by atoms with E-state index < -0.39 is 34.0 Å². The number of benzene rings is 1. The molecule has 3 aromatic heterocycles. The van der Waals surface area contributed by atoms with Crippen LogP contribution in [0.5, 0.6) is 0 Å². The van der Waals surface area contributed by atoms with Gasteiger partial charge in [0.2, 0.25) is 5.78 Å². The van der Waals surface area contributed by atoms with Crippen LogP contribution in [-0.4, -0.2) is 35.7 Å². The lowest BCUT2D eigenvalue weighted by atomic mass is 10.0. The summed E-state index contributed by atoms with van der Waals surface area (Å²) in [5, 5.41) is 0.403. The van der Waals surface area contributed by atoms with E-state index in [-0.39, 0.29) is 11.3 Å². The number of halogens is 2. The van der Waals surface area contributed by atoms with Crippen LogP contribution < -0.4 is 4.72 Å². The number of hydrogen-bond acceptors (Lipinski definition) is 5. The fourth-order valence-electron chi connectivity index (χ4n) is 3.22. The van der Waals surface area contributed by atoms with Gasteiger partial charge in [-0.05, 0) is 31.5 Å². The van der Waals surface area contributed by atoms with Crippen molar-refractivity contribution in [2.45, 2.75) is 20.3 Å². The monoisotopic (exact) mass is 455 g/mol. The minimum Gasteiger partial charge on any atom is -0.345 e. The summed E-state index contributed by atoms with van der Waals surface area (Å²) in [5.41, 5.74) is 0.866. The molecule has 0 aliphatic rings. The Balaban J connectivity index is 1.76. The first kappa shape index (κ1) is 21.7. The highest BCUT2D eigenvalue weighted by atomic mass is 32.2. The summed E-state index contributed by atoms with van der Waals surface area (Å²) in [7, 11) is -1.55. The maximum absolute atomic E-state index is 15.1. The van der Waals surface area contributed by atoms with Crippen molar-refractivity contribution in [1.29, 1.82) is 0 Å². The molecule has 0 amide bonds. The van der Waals surface area contributed by atoms with Crippen molar-refractivity contribution in [3.8, 4) is 11.1 Å². The molecule has 0 saturated carbocycles. The maximum Gasteiger partial charge on any atom is 0.201 e. The number of aromatic nitrogens is 4. The SMILES string of the molecule is CCCS(=O)Nc1ccc(F)c(C(=O)c2c[nH]c3ncc(-c4cnc(C)nc4)cc23)c1F. The summed E-state index contributed by atoms with van der Waals surface area (Å²) >= 11 is 0. The Hall–Kier alpha value is -3.53. The zero-order chi connectivity index (χ0) is 22.8. The number of nitrogens with zero attached hydrogens (tertiary/aromatic N) is 3. The van der Waals surface area contributed by atoms with Gasteiger partial charge in [0.25, 0.3) is 0 Å². The Morgan fingerprint density at radius 1 is 1.12 bits per heavy atom. The number of fused-ring (bicyclic) bond motifs is 1. The van der Waals surface area contributed by atoms with Gasteiger partial charge in [-0.15, -0.1) is 0 Å². The van der Waals surface area contributed by atoms with Crippen molar-refractivity contribution >= 4 is 33.5 Å². The molecule has 0 spiro atoms. The molecule has 2 N–H and O–H groups in total. The van der Waals surface area contributed by atoms with Crippen molar-refractivity contribution in [1.82, 2.24) is 19.9 Å². The Bertz CT molecular complexity index is 1340. The normalized spacial score (nSPS) is 12.1. The molecule has 10 heteroatoms. The summed E-state index contributed by atoms with van der Waals surface area (Å²) in [6.07, 6.45) is 6.83. The number of pyridine rings is 1. The molecule has 3 heterocycles. The van der Waals surface area contributed by atoms with E-state index in [1.807, 2.05) is 6.92 Å². The number of ketones is 1. The number of hydrogen-bond donors (Lipinski definition) is 2. The molecule has 32 heavy (non-hydrogen) atoms. The zero-order valence-electron chi connectivity index (χ0n) is 17.3. The minimum atomic E-state index is -1.55. The second-order valence-electron chi connectivity index (χ2n) is 7.11. The predicted molar refractivity (Wildman–Crippen MR) is 119 cm³/mol. The Labute approximate surface area is 184 Å². The van der Waals surface area contributed by atoms with Gasteiger partial charge >= 0.3 is 0 Å². The molecule has 0 radical (unpaired) electrons. The second kappa shape index (κ2) is 8.91. The Kier molecular flexibility index (Phi) is 6.04. The zero-order valence-corrected chi connectivity index (χ0v) is 18.1. The van der Waals surface area contributed by atoms with Crippen LogP contribution in [0.25, 0.3) is 22.2 Å². The quantitative estimate of drug-likeness (QED) is 0.404. The molecule has 0 saturated heterocycles. The third kappa shape index (κ3) is 4.13. The van der Waals surface area contributed by atoms with E-state index in [0.717, 1.165) is 12.1 Å². The van der Waals surface area contributed by atoms with Crippen LogP contribution >= 0.6 is 0 Å². The van der Waals surface area contributed by atoms with Gasteiger partial charge in [-0.1, -0.05) is 6.92 Å². The van der Waals surface area contributed by atoms with E-state index in [1.54, 1.807) is 31.6 Å². The summed E-state index contributed by atoms with van der Waals surface area (Å²) in [6.45, 7) is 3.59. The highest BCUT2D eigenvalue weighted by Gasteiger charge is 2.25. The van der Waals surface area contributed by atoms with Crippen LogP contribution in [0.4, 0.5) is 14.5 Å². The summed E-state index contributed by atoms with van der Waals surface area (Å²) in [6, 6.07) is 3.79. The highest BCUT2D eigenvalue weighted by molar-refractivity contribution is 7.86. The standard InChI is InChI=1S/C22H19F2N5O2S/c1-3-6-32(31)29-18-5-4-17(23)19(20(18)24)21(30)16-11-28-22-15(16)7-13(8-27-22)14-9-25-12(2)26-10-14/h4-5,7-11,29H,3,6H2,1-2H3,(H,27,28). The van der Waals surface area contributed by atoms with Crippen LogP contribution in [0, 0.1) is 18.6 Å². The first-order chi connectivity index (χ1) is 15.4. The minimum absolute atomic E-state index is 0.0620. The molecular weight excluding hydrogens is 436 g/mol. The fourth-order valence-corrected chi connectivity index (χ4v) is 4.10. The van der Waals surface area contributed by atoms with E-state index in [9.17, 15) is 13.4 Å². The molecule has 1 aromatic carbocycles. The van der Waals surface area contributed by atoms with Crippen molar-refractivity contribution in [3.05, 3.63) is 71.6 Å². The average molecular weight is 455 g/mol. The van der Waals surface area contributed by atoms with Crippen molar-refractivity contribution in [2.75, 3.05) is 10.5 Å². The number of aromatic amines is 1. The van der Waals surface area contributed by atoms with E-state index in [4.69, 9.17) is 0 Å². The van der Waals surface area contributed by atoms with Gasteiger partial charge in [0.1, 0.15) is 28.3 Å². The van der Waals surface area contributed by atoms with Crippen molar-refractivity contribution in [3.63, 3.8) is 0 Å². The van der Waals surface area contributed by atoms with Crippen molar-refractivity contribution in [2.24, 2.45) is 0 Å². The van der Waals surface area contributed by atoms with Gasteiger partial charge < -0.3 is 9.71 Å². The molecule has 0 aliphatic carbocycles. The van der Waals surface area contributed by atoms with E-state index >= 15 is 4.39 Å². The van der Waals surface area contributed by atoms with E-state index in [2.05, 4.69) is 24.7 Å². The molecular formula is C22H19F2N5O2S. The number of anilines is 1. The highest BCUT2D eigenvalue weighted by Crippen LogP contribution is 2.29. The molecule has 1 atom stereocenters. The fraction of sp³-hybridized carbons (Fsp3) is 0.182. The molecule has 1 unspecified atom stereocenters. The van der Waals surface area contributed by atoms with Gasteiger partial charge in [-0.25, -0.2) is 27.9 Å². The average Bonchev–Trinajstić information content (AvgIpc) is 3.20. The maximum atomic E-state index is 15.1. The second-order valence-corrected chi connectivity index (χ2v) is 8.41. The largest absolute Gasteiger partial charge is 0.345 e. The summed E-state index contributed by atoms with van der Waals surface area (Å²) in [4.78, 5) is 28.6.